The minimum atomic E-state index is -2.00. The first-order valence-corrected chi connectivity index (χ1v) is 4.79. The van der Waals surface area contributed by atoms with Crippen molar-refractivity contribution < 1.29 is 22.4 Å². The van der Waals surface area contributed by atoms with Crippen LogP contribution in [0.5, 0.6) is 0 Å². The first-order chi connectivity index (χ1) is 7.63. The third kappa shape index (κ3) is 2.95. The van der Waals surface area contributed by atoms with E-state index in [1.807, 2.05) is 0 Å². The first kappa shape index (κ1) is 13.5. The van der Waals surface area contributed by atoms with E-state index in [0.29, 0.717) is 6.07 Å². The molecule has 1 amide bonds. The van der Waals surface area contributed by atoms with E-state index >= 15 is 0 Å². The monoisotopic (exact) mass is 249 g/mol. The summed E-state index contributed by atoms with van der Waals surface area (Å²) in [6.45, 7) is 4.83. The Balaban J connectivity index is 3.20. The average Bonchev–Trinajstić information content (AvgIpc) is 2.17. The minimum absolute atomic E-state index is 0.328. The topological polar surface area (TPSA) is 29.1 Å². The van der Waals surface area contributed by atoms with Gasteiger partial charge in [0, 0.05) is 5.54 Å². The Morgan fingerprint density at radius 2 is 1.59 bits per heavy atom. The molecule has 94 valence electrons. The summed E-state index contributed by atoms with van der Waals surface area (Å²) in [5, 5.41) is 2.32. The maximum atomic E-state index is 13.2. The molecule has 0 fully saturated rings. The van der Waals surface area contributed by atoms with Gasteiger partial charge in [-0.1, -0.05) is 0 Å². The zero-order valence-corrected chi connectivity index (χ0v) is 9.50. The number of hydrogen-bond donors (Lipinski definition) is 1. The van der Waals surface area contributed by atoms with E-state index in [1.165, 1.54) is 0 Å². The van der Waals surface area contributed by atoms with Crippen molar-refractivity contribution in [2.75, 3.05) is 0 Å². The summed E-state index contributed by atoms with van der Waals surface area (Å²) < 4.78 is 51.6. The van der Waals surface area contributed by atoms with Crippen LogP contribution in [0.3, 0.4) is 0 Å². The maximum Gasteiger partial charge on any atom is 0.254 e. The van der Waals surface area contributed by atoms with Crippen LogP contribution in [0.25, 0.3) is 0 Å². The van der Waals surface area contributed by atoms with Crippen LogP contribution in [0.15, 0.2) is 6.07 Å². The fraction of sp³-hybridized carbons (Fsp3) is 0.364. The number of benzene rings is 1. The summed E-state index contributed by atoms with van der Waals surface area (Å²) in [7, 11) is 0. The van der Waals surface area contributed by atoms with Crippen molar-refractivity contribution in [3.05, 3.63) is 34.9 Å². The van der Waals surface area contributed by atoms with Crippen molar-refractivity contribution in [2.24, 2.45) is 0 Å². The van der Waals surface area contributed by atoms with Gasteiger partial charge in [0.2, 0.25) is 0 Å². The molecule has 0 saturated heterocycles. The highest BCUT2D eigenvalue weighted by Crippen LogP contribution is 2.19. The number of amides is 1. The van der Waals surface area contributed by atoms with Crippen LogP contribution in [0, 0.1) is 23.3 Å². The molecule has 0 atom stereocenters. The zero-order valence-electron chi connectivity index (χ0n) is 9.50. The minimum Gasteiger partial charge on any atom is -0.347 e. The van der Waals surface area contributed by atoms with Crippen molar-refractivity contribution in [2.45, 2.75) is 26.3 Å². The van der Waals surface area contributed by atoms with Gasteiger partial charge in [0.25, 0.3) is 5.91 Å². The van der Waals surface area contributed by atoms with Gasteiger partial charge in [0.1, 0.15) is 0 Å². The quantitative estimate of drug-likeness (QED) is 0.463. The molecule has 0 aliphatic carbocycles. The molecule has 1 rings (SSSR count). The smallest absolute Gasteiger partial charge is 0.254 e. The highest BCUT2D eigenvalue weighted by Gasteiger charge is 2.25. The predicted octanol–water partition coefficient (Wildman–Crippen LogP) is 2.77. The Kier molecular flexibility index (Phi) is 3.45. The van der Waals surface area contributed by atoms with E-state index in [0.717, 1.165) is 0 Å². The molecule has 0 aromatic heterocycles. The van der Waals surface area contributed by atoms with Gasteiger partial charge < -0.3 is 5.32 Å². The SMILES string of the molecule is CC(C)(C)NC(=O)c1cc(F)c(F)c(F)c1F. The Hall–Kier alpha value is -1.59. The highest BCUT2D eigenvalue weighted by atomic mass is 19.2. The Bertz CT molecular complexity index is 466. The lowest BCUT2D eigenvalue weighted by Crippen LogP contribution is -2.41. The Morgan fingerprint density at radius 1 is 1.06 bits per heavy atom. The van der Waals surface area contributed by atoms with Gasteiger partial charge >= 0.3 is 0 Å². The van der Waals surface area contributed by atoms with E-state index in [2.05, 4.69) is 5.32 Å². The average molecular weight is 249 g/mol. The molecular weight excluding hydrogens is 238 g/mol. The second-order valence-corrected chi connectivity index (χ2v) is 4.55. The summed E-state index contributed by atoms with van der Waals surface area (Å²) in [6, 6.07) is 0.328. The van der Waals surface area contributed by atoms with E-state index in [4.69, 9.17) is 0 Å². The predicted molar refractivity (Wildman–Crippen MR) is 53.5 cm³/mol. The van der Waals surface area contributed by atoms with E-state index in [1.54, 1.807) is 20.8 Å². The highest BCUT2D eigenvalue weighted by molar-refractivity contribution is 5.94. The molecule has 0 heterocycles. The molecular formula is C11H11F4NO. The van der Waals surface area contributed by atoms with Gasteiger partial charge in [-0.15, -0.1) is 0 Å². The van der Waals surface area contributed by atoms with E-state index < -0.39 is 40.3 Å². The number of carbonyl (C=O) groups excluding carboxylic acids is 1. The van der Waals surface area contributed by atoms with Crippen LogP contribution in [0.4, 0.5) is 17.6 Å². The van der Waals surface area contributed by atoms with Gasteiger partial charge in [-0.25, -0.2) is 17.6 Å². The van der Waals surface area contributed by atoms with Gasteiger partial charge in [-0.2, -0.15) is 0 Å². The Morgan fingerprint density at radius 3 is 2.06 bits per heavy atom. The third-order valence-corrected chi connectivity index (χ3v) is 1.84. The molecule has 0 saturated carbocycles. The molecule has 1 aromatic carbocycles. The fourth-order valence-corrected chi connectivity index (χ4v) is 1.15. The largest absolute Gasteiger partial charge is 0.347 e. The van der Waals surface area contributed by atoms with Crippen molar-refractivity contribution in [1.82, 2.24) is 5.32 Å². The summed E-state index contributed by atoms with van der Waals surface area (Å²) in [5.74, 6) is -8.25. The number of hydrogen-bond acceptors (Lipinski definition) is 1. The lowest BCUT2D eigenvalue weighted by Gasteiger charge is -2.20. The summed E-state index contributed by atoms with van der Waals surface area (Å²) in [6.07, 6.45) is 0. The van der Waals surface area contributed by atoms with Crippen LogP contribution in [0.2, 0.25) is 0 Å². The third-order valence-electron chi connectivity index (χ3n) is 1.84. The van der Waals surface area contributed by atoms with E-state index in [-0.39, 0.29) is 0 Å². The number of carbonyl (C=O) groups is 1. The summed E-state index contributed by atoms with van der Waals surface area (Å²) in [4.78, 5) is 11.5. The molecule has 0 unspecified atom stereocenters. The fourth-order valence-electron chi connectivity index (χ4n) is 1.15. The zero-order chi connectivity index (χ0) is 13.4. The molecule has 0 radical (unpaired) electrons. The van der Waals surface area contributed by atoms with Gasteiger partial charge in [-0.05, 0) is 26.8 Å². The molecule has 1 aromatic rings. The molecule has 0 aliphatic heterocycles. The Labute approximate surface area is 95.6 Å². The first-order valence-electron chi connectivity index (χ1n) is 4.79. The maximum absolute atomic E-state index is 13.2. The number of nitrogens with one attached hydrogen (secondary N) is 1. The molecule has 2 nitrogen and oxygen atoms in total. The van der Waals surface area contributed by atoms with Crippen LogP contribution < -0.4 is 5.32 Å². The van der Waals surface area contributed by atoms with Crippen LogP contribution >= 0.6 is 0 Å². The molecule has 1 N–H and O–H groups in total. The van der Waals surface area contributed by atoms with Gasteiger partial charge in [-0.3, -0.25) is 4.79 Å². The second-order valence-electron chi connectivity index (χ2n) is 4.55. The lowest BCUT2D eigenvalue weighted by molar-refractivity contribution is 0.0913. The molecule has 0 spiro atoms. The standard InChI is InChI=1S/C11H11F4NO/c1-11(2,3)16-10(17)5-4-6(12)8(14)9(15)7(5)13/h4H,1-3H3,(H,16,17). The van der Waals surface area contributed by atoms with Crippen LogP contribution in [-0.2, 0) is 0 Å². The summed E-state index contributed by atoms with van der Waals surface area (Å²) in [5.41, 5.74) is -1.57. The van der Waals surface area contributed by atoms with Crippen molar-refractivity contribution in [1.29, 1.82) is 0 Å². The molecule has 0 aliphatic rings. The van der Waals surface area contributed by atoms with E-state index in [9.17, 15) is 22.4 Å². The van der Waals surface area contributed by atoms with Crippen molar-refractivity contribution in [3.8, 4) is 0 Å². The van der Waals surface area contributed by atoms with Crippen LogP contribution in [0.1, 0.15) is 31.1 Å². The number of halogens is 4. The lowest BCUT2D eigenvalue weighted by atomic mass is 10.1. The van der Waals surface area contributed by atoms with Gasteiger partial charge in [0.05, 0.1) is 5.56 Å². The van der Waals surface area contributed by atoms with Crippen molar-refractivity contribution >= 4 is 5.91 Å². The normalized spacial score (nSPS) is 11.5. The van der Waals surface area contributed by atoms with Crippen LogP contribution in [-0.4, -0.2) is 11.4 Å². The number of rotatable bonds is 1. The molecule has 17 heavy (non-hydrogen) atoms. The molecule has 6 heteroatoms. The summed E-state index contributed by atoms with van der Waals surface area (Å²) >= 11 is 0. The van der Waals surface area contributed by atoms with Crippen molar-refractivity contribution in [3.63, 3.8) is 0 Å². The van der Waals surface area contributed by atoms with Gasteiger partial charge in [0.15, 0.2) is 23.3 Å². The second kappa shape index (κ2) is 4.35. The molecule has 0 bridgehead atoms.